The number of alkyl halides is 3. The standard InChI is InChI=1S/C10H17F3N2O/c1-14-8-6-16-5-7(8)4-15-9(2-3-9)10(11,12)13/h7-8,14-15H,2-6H2,1H3. The van der Waals surface area contributed by atoms with Crippen molar-refractivity contribution in [2.75, 3.05) is 26.8 Å². The van der Waals surface area contributed by atoms with Crippen molar-refractivity contribution < 1.29 is 17.9 Å². The van der Waals surface area contributed by atoms with Crippen LogP contribution < -0.4 is 10.6 Å². The summed E-state index contributed by atoms with van der Waals surface area (Å²) in [4.78, 5) is 0. The lowest BCUT2D eigenvalue weighted by Gasteiger charge is -2.24. The Morgan fingerprint density at radius 2 is 2.00 bits per heavy atom. The summed E-state index contributed by atoms with van der Waals surface area (Å²) in [6.07, 6.45) is -3.72. The van der Waals surface area contributed by atoms with Gasteiger partial charge in [0.15, 0.2) is 0 Å². The van der Waals surface area contributed by atoms with Crippen LogP contribution in [0.5, 0.6) is 0 Å². The third kappa shape index (κ3) is 2.19. The maximum Gasteiger partial charge on any atom is 0.406 e. The predicted molar refractivity (Wildman–Crippen MR) is 53.2 cm³/mol. The largest absolute Gasteiger partial charge is 0.406 e. The second kappa shape index (κ2) is 4.16. The van der Waals surface area contributed by atoms with Crippen molar-refractivity contribution >= 4 is 0 Å². The Bertz CT molecular complexity index is 253. The zero-order valence-corrected chi connectivity index (χ0v) is 9.23. The van der Waals surface area contributed by atoms with Gasteiger partial charge >= 0.3 is 6.18 Å². The maximum atomic E-state index is 12.6. The van der Waals surface area contributed by atoms with Crippen LogP contribution in [0, 0.1) is 5.92 Å². The second-order valence-corrected chi connectivity index (χ2v) is 4.65. The summed E-state index contributed by atoms with van der Waals surface area (Å²) in [5, 5.41) is 5.73. The van der Waals surface area contributed by atoms with E-state index in [0.717, 1.165) is 0 Å². The van der Waals surface area contributed by atoms with Gasteiger partial charge in [0, 0.05) is 18.5 Å². The Balaban J connectivity index is 1.84. The zero-order chi connectivity index (χ0) is 11.8. The molecule has 2 rings (SSSR count). The summed E-state index contributed by atoms with van der Waals surface area (Å²) in [5.74, 6) is 0.129. The average Bonchev–Trinajstić information content (AvgIpc) is 2.88. The molecule has 2 N–H and O–H groups in total. The molecule has 2 fully saturated rings. The van der Waals surface area contributed by atoms with Gasteiger partial charge in [0.2, 0.25) is 0 Å². The molecule has 94 valence electrons. The lowest BCUT2D eigenvalue weighted by molar-refractivity contribution is -0.166. The van der Waals surface area contributed by atoms with E-state index in [0.29, 0.717) is 19.8 Å². The SMILES string of the molecule is CNC1COCC1CNC1(C(F)(F)F)CC1. The highest BCUT2D eigenvalue weighted by molar-refractivity contribution is 5.08. The van der Waals surface area contributed by atoms with E-state index in [1.807, 2.05) is 7.05 Å². The molecule has 0 spiro atoms. The lowest BCUT2D eigenvalue weighted by atomic mass is 10.0. The topological polar surface area (TPSA) is 33.3 Å². The van der Waals surface area contributed by atoms with Crippen LogP contribution in [-0.2, 0) is 4.74 Å². The fourth-order valence-corrected chi connectivity index (χ4v) is 2.13. The first kappa shape index (κ1) is 12.1. The number of nitrogens with one attached hydrogen (secondary N) is 2. The highest BCUT2D eigenvalue weighted by atomic mass is 19.4. The molecule has 1 heterocycles. The normalized spacial score (nSPS) is 33.0. The summed E-state index contributed by atoms with van der Waals surface area (Å²) in [6, 6.07) is 0.163. The van der Waals surface area contributed by atoms with Crippen molar-refractivity contribution in [2.24, 2.45) is 5.92 Å². The van der Waals surface area contributed by atoms with Crippen molar-refractivity contribution in [3.05, 3.63) is 0 Å². The Hall–Kier alpha value is -0.330. The minimum atomic E-state index is -4.12. The van der Waals surface area contributed by atoms with E-state index in [9.17, 15) is 13.2 Å². The fourth-order valence-electron chi connectivity index (χ4n) is 2.13. The molecule has 16 heavy (non-hydrogen) atoms. The fraction of sp³-hybridized carbons (Fsp3) is 1.00. The number of hydrogen-bond donors (Lipinski definition) is 2. The first-order valence-corrected chi connectivity index (χ1v) is 5.55. The molecular weight excluding hydrogens is 221 g/mol. The number of likely N-dealkylation sites (N-methyl/N-ethyl adjacent to an activating group) is 1. The molecule has 0 aromatic carbocycles. The molecule has 2 unspecified atom stereocenters. The predicted octanol–water partition coefficient (Wildman–Crippen LogP) is 0.905. The number of hydrogen-bond acceptors (Lipinski definition) is 3. The van der Waals surface area contributed by atoms with Crippen LogP contribution in [-0.4, -0.2) is 44.6 Å². The average molecular weight is 238 g/mol. The van der Waals surface area contributed by atoms with Crippen LogP contribution in [0.4, 0.5) is 13.2 Å². The van der Waals surface area contributed by atoms with Gasteiger partial charge in [-0.1, -0.05) is 0 Å². The van der Waals surface area contributed by atoms with Crippen LogP contribution in [0.15, 0.2) is 0 Å². The number of rotatable bonds is 4. The van der Waals surface area contributed by atoms with Gasteiger partial charge in [0.25, 0.3) is 0 Å². The summed E-state index contributed by atoms with van der Waals surface area (Å²) in [6.45, 7) is 1.49. The minimum Gasteiger partial charge on any atom is -0.379 e. The van der Waals surface area contributed by atoms with E-state index in [4.69, 9.17) is 4.74 Å². The van der Waals surface area contributed by atoms with Crippen molar-refractivity contribution in [1.82, 2.24) is 10.6 Å². The van der Waals surface area contributed by atoms with Crippen molar-refractivity contribution in [3.8, 4) is 0 Å². The van der Waals surface area contributed by atoms with Crippen LogP contribution in [0.25, 0.3) is 0 Å². The van der Waals surface area contributed by atoms with Gasteiger partial charge in [0.1, 0.15) is 5.54 Å². The molecule has 6 heteroatoms. The van der Waals surface area contributed by atoms with Crippen LogP contribution in [0.2, 0.25) is 0 Å². The van der Waals surface area contributed by atoms with Gasteiger partial charge in [-0.3, -0.25) is 0 Å². The molecule has 1 aliphatic heterocycles. The molecule has 1 aliphatic carbocycles. The zero-order valence-electron chi connectivity index (χ0n) is 9.23. The Kier molecular flexibility index (Phi) is 3.16. The minimum absolute atomic E-state index is 0.129. The summed E-state index contributed by atoms with van der Waals surface area (Å²) < 4.78 is 43.2. The third-order valence-corrected chi connectivity index (χ3v) is 3.56. The monoisotopic (exact) mass is 238 g/mol. The maximum absolute atomic E-state index is 12.6. The van der Waals surface area contributed by atoms with Crippen molar-refractivity contribution in [1.29, 1.82) is 0 Å². The van der Waals surface area contributed by atoms with Gasteiger partial charge < -0.3 is 15.4 Å². The molecule has 1 saturated heterocycles. The quantitative estimate of drug-likeness (QED) is 0.763. The van der Waals surface area contributed by atoms with Crippen LogP contribution in [0.3, 0.4) is 0 Å². The van der Waals surface area contributed by atoms with E-state index in [-0.39, 0.29) is 24.8 Å². The Morgan fingerprint density at radius 1 is 1.31 bits per heavy atom. The van der Waals surface area contributed by atoms with Crippen molar-refractivity contribution in [2.45, 2.75) is 30.6 Å². The van der Waals surface area contributed by atoms with E-state index >= 15 is 0 Å². The number of ether oxygens (including phenoxy) is 1. The van der Waals surface area contributed by atoms with Gasteiger partial charge in [0.05, 0.1) is 13.2 Å². The van der Waals surface area contributed by atoms with E-state index in [1.54, 1.807) is 0 Å². The van der Waals surface area contributed by atoms with Gasteiger partial charge in [-0.15, -0.1) is 0 Å². The summed E-state index contributed by atoms with van der Waals surface area (Å²) in [7, 11) is 1.81. The molecule has 2 aliphatic rings. The van der Waals surface area contributed by atoms with E-state index in [1.165, 1.54) is 0 Å². The second-order valence-electron chi connectivity index (χ2n) is 4.65. The molecule has 2 atom stereocenters. The molecular formula is C10H17F3N2O. The van der Waals surface area contributed by atoms with Gasteiger partial charge in [-0.05, 0) is 19.9 Å². The van der Waals surface area contributed by atoms with Crippen LogP contribution in [0.1, 0.15) is 12.8 Å². The van der Waals surface area contributed by atoms with E-state index < -0.39 is 11.7 Å². The molecule has 1 saturated carbocycles. The number of halogens is 3. The van der Waals surface area contributed by atoms with Crippen LogP contribution >= 0.6 is 0 Å². The Morgan fingerprint density at radius 3 is 2.50 bits per heavy atom. The third-order valence-electron chi connectivity index (χ3n) is 3.56. The van der Waals surface area contributed by atoms with Gasteiger partial charge in [-0.2, -0.15) is 13.2 Å². The first-order chi connectivity index (χ1) is 7.48. The molecule has 0 aromatic heterocycles. The smallest absolute Gasteiger partial charge is 0.379 e. The molecule has 0 amide bonds. The van der Waals surface area contributed by atoms with E-state index in [2.05, 4.69) is 10.6 Å². The first-order valence-electron chi connectivity index (χ1n) is 5.55. The highest BCUT2D eigenvalue weighted by Gasteiger charge is 2.63. The van der Waals surface area contributed by atoms with Gasteiger partial charge in [-0.25, -0.2) is 0 Å². The molecule has 3 nitrogen and oxygen atoms in total. The molecule has 0 aromatic rings. The summed E-state index contributed by atoms with van der Waals surface area (Å²) >= 11 is 0. The van der Waals surface area contributed by atoms with Crippen molar-refractivity contribution in [3.63, 3.8) is 0 Å². The Labute approximate surface area is 92.7 Å². The summed E-state index contributed by atoms with van der Waals surface area (Å²) in [5.41, 5.74) is -1.60. The highest BCUT2D eigenvalue weighted by Crippen LogP contribution is 2.48. The lowest BCUT2D eigenvalue weighted by Crippen LogP contribution is -2.49. The molecule has 0 radical (unpaired) electrons. The molecule has 0 bridgehead atoms.